The number of rotatable bonds is 8. The van der Waals surface area contributed by atoms with Crippen LogP contribution in [0.3, 0.4) is 0 Å². The van der Waals surface area contributed by atoms with E-state index in [9.17, 15) is 74.6 Å². The highest BCUT2D eigenvalue weighted by Gasteiger charge is 2.91. The molecule has 0 aromatic rings. The van der Waals surface area contributed by atoms with Gasteiger partial charge in [0.25, 0.3) is 0 Å². The number of alkyl halides is 17. The van der Waals surface area contributed by atoms with Crippen molar-refractivity contribution in [2.24, 2.45) is 0 Å². The quantitative estimate of drug-likeness (QED) is 0.294. The monoisotopic (exact) mass is 512 g/mol. The van der Waals surface area contributed by atoms with Gasteiger partial charge in [0.05, 0.1) is 0 Å². The van der Waals surface area contributed by atoms with Gasteiger partial charge in [-0.1, -0.05) is 6.92 Å². The maximum Gasteiger partial charge on any atom is 0.601 e. The van der Waals surface area contributed by atoms with Crippen LogP contribution in [0.1, 0.15) is 13.3 Å². The second-order valence-electron chi connectivity index (χ2n) is 4.98. The Morgan fingerprint density at radius 1 is 0.500 bits per heavy atom. The van der Waals surface area contributed by atoms with Gasteiger partial charge >= 0.3 is 51.2 Å². The molecule has 0 aliphatic rings. The van der Waals surface area contributed by atoms with Crippen LogP contribution in [0, 0.1) is 0 Å². The van der Waals surface area contributed by atoms with E-state index in [1.807, 2.05) is 0 Å². The average Bonchev–Trinajstić information content (AvgIpc) is 2.40. The van der Waals surface area contributed by atoms with Gasteiger partial charge in [0, 0.05) is 6.42 Å². The molecule has 21 heteroatoms. The Kier molecular flexibility index (Phi) is 7.51. The van der Waals surface area contributed by atoms with Crippen LogP contribution in [-0.2, 0) is 13.3 Å². The molecule has 30 heavy (non-hydrogen) atoms. The molecule has 0 aliphatic carbocycles. The topological polar surface area (TPSA) is 27.7 Å². The van der Waals surface area contributed by atoms with Crippen LogP contribution in [0.2, 0.25) is 0 Å². The van der Waals surface area contributed by atoms with Crippen molar-refractivity contribution in [1.29, 1.82) is 0 Å². The standard InChI is InChI=1S/C9H5F17O3Si/c1-2-3(10,11)4(12,13)5(14,15)6(16,17)30(27-7(18,19)20,28-8(21,22)23)29-9(24,25)26/h2H2,1H3. The van der Waals surface area contributed by atoms with E-state index in [0.29, 0.717) is 0 Å². The summed E-state index contributed by atoms with van der Waals surface area (Å²) in [5.41, 5.74) is -8.08. The average molecular weight is 512 g/mol. The Hall–Kier alpha value is -1.09. The Balaban J connectivity index is 7.10. The van der Waals surface area contributed by atoms with Gasteiger partial charge in [0.1, 0.15) is 0 Å². The molecule has 0 spiro atoms. The third-order valence-corrected chi connectivity index (χ3v) is 5.41. The van der Waals surface area contributed by atoms with E-state index >= 15 is 0 Å². The second-order valence-corrected chi connectivity index (χ2v) is 7.33. The predicted molar refractivity (Wildman–Crippen MR) is 57.3 cm³/mol. The van der Waals surface area contributed by atoms with E-state index in [1.54, 1.807) is 13.3 Å². The van der Waals surface area contributed by atoms with Crippen LogP contribution < -0.4 is 0 Å². The maximum atomic E-state index is 13.9. The van der Waals surface area contributed by atoms with E-state index in [0.717, 1.165) is 0 Å². The fraction of sp³-hybridized carbons (Fsp3) is 1.00. The SMILES string of the molecule is CCC(F)(F)C(F)(F)C(F)(F)C(F)(F)[Si](OC(F)(F)F)(OC(F)(F)F)OC(F)(F)F. The van der Waals surface area contributed by atoms with Crippen molar-refractivity contribution in [2.75, 3.05) is 0 Å². The van der Waals surface area contributed by atoms with Gasteiger partial charge in [-0.2, -0.15) is 35.1 Å². The Morgan fingerprint density at radius 2 is 0.767 bits per heavy atom. The lowest BCUT2D eigenvalue weighted by Crippen LogP contribution is -2.76. The van der Waals surface area contributed by atoms with E-state index in [2.05, 4.69) is 0 Å². The molecule has 0 unspecified atom stereocenters. The summed E-state index contributed by atoms with van der Waals surface area (Å²) in [5, 5.41) is 0. The molecule has 0 bridgehead atoms. The molecule has 182 valence electrons. The molecule has 0 amide bonds. The first kappa shape index (κ1) is 28.9. The molecule has 0 rings (SSSR count). The third kappa shape index (κ3) is 5.78. The first-order valence-electron chi connectivity index (χ1n) is 6.50. The molecular formula is C9H5F17O3Si. The summed E-state index contributed by atoms with van der Waals surface area (Å²) in [5.74, 6) is -21.8. The van der Waals surface area contributed by atoms with Crippen molar-refractivity contribution in [3.63, 3.8) is 0 Å². The van der Waals surface area contributed by atoms with Gasteiger partial charge in [0.15, 0.2) is 0 Å². The molecule has 0 N–H and O–H groups in total. The van der Waals surface area contributed by atoms with Crippen LogP contribution in [0.15, 0.2) is 0 Å². The molecule has 0 heterocycles. The van der Waals surface area contributed by atoms with Crippen LogP contribution >= 0.6 is 0 Å². The van der Waals surface area contributed by atoms with Gasteiger partial charge in [-0.15, -0.1) is 39.5 Å². The summed E-state index contributed by atoms with van der Waals surface area (Å²) in [6.45, 7) is -0.0581. The minimum atomic E-state index is -9.54. The highest BCUT2D eigenvalue weighted by molar-refractivity contribution is 6.64. The normalized spacial score (nSPS) is 16.2. The van der Waals surface area contributed by atoms with Gasteiger partial charge in [-0.05, 0) is 0 Å². The van der Waals surface area contributed by atoms with Crippen molar-refractivity contribution >= 4 is 8.80 Å². The Labute approximate surface area is 154 Å². The molecular weight excluding hydrogens is 507 g/mol. The lowest BCUT2D eigenvalue weighted by Gasteiger charge is -2.42. The summed E-state index contributed by atoms with van der Waals surface area (Å²) in [4.78, 5) is 0. The lowest BCUT2D eigenvalue weighted by atomic mass is 10.0. The summed E-state index contributed by atoms with van der Waals surface area (Å²) in [6.07, 6.45) is -23.9. The Bertz CT molecular complexity index is 550. The summed E-state index contributed by atoms with van der Waals surface area (Å²) >= 11 is 0. The van der Waals surface area contributed by atoms with Crippen LogP contribution in [-0.4, -0.2) is 51.2 Å². The highest BCUT2D eigenvalue weighted by Crippen LogP contribution is 2.58. The minimum Gasteiger partial charge on any atom is -0.280 e. The first-order valence-corrected chi connectivity index (χ1v) is 8.22. The minimum absolute atomic E-state index is 0.0581. The van der Waals surface area contributed by atoms with Crippen molar-refractivity contribution in [3.05, 3.63) is 0 Å². The Morgan fingerprint density at radius 3 is 0.967 bits per heavy atom. The van der Waals surface area contributed by atoms with E-state index in [1.165, 1.54) is 0 Å². The molecule has 0 fully saturated rings. The first-order chi connectivity index (χ1) is 12.7. The molecule has 0 radical (unpaired) electrons. The predicted octanol–water partition coefficient (Wildman–Crippen LogP) is 6.02. The fourth-order valence-corrected chi connectivity index (χ4v) is 3.52. The summed E-state index contributed by atoms with van der Waals surface area (Å²) in [7, 11) is -9.54. The highest BCUT2D eigenvalue weighted by atomic mass is 28.4. The third-order valence-electron chi connectivity index (χ3n) is 2.83. The number of hydrogen-bond acceptors (Lipinski definition) is 3. The molecule has 0 saturated carbocycles. The van der Waals surface area contributed by atoms with Crippen molar-refractivity contribution in [1.82, 2.24) is 0 Å². The zero-order chi connectivity index (χ0) is 24.8. The number of halogens is 17. The van der Waals surface area contributed by atoms with Crippen molar-refractivity contribution in [3.8, 4) is 0 Å². The summed E-state index contributed by atoms with van der Waals surface area (Å²) < 4.78 is 223. The fourth-order valence-electron chi connectivity index (χ4n) is 1.55. The smallest absolute Gasteiger partial charge is 0.280 e. The van der Waals surface area contributed by atoms with E-state index in [-0.39, 0.29) is 6.92 Å². The van der Waals surface area contributed by atoms with Crippen LogP contribution in [0.25, 0.3) is 0 Å². The van der Waals surface area contributed by atoms with Gasteiger partial charge in [-0.3, -0.25) is 13.3 Å². The van der Waals surface area contributed by atoms with Gasteiger partial charge in [-0.25, -0.2) is 0 Å². The van der Waals surface area contributed by atoms with Gasteiger partial charge in [0.2, 0.25) is 0 Å². The zero-order valence-electron chi connectivity index (χ0n) is 13.4. The van der Waals surface area contributed by atoms with Crippen LogP contribution in [0.5, 0.6) is 0 Å². The number of hydrogen-bond donors (Lipinski definition) is 0. The molecule has 0 aromatic heterocycles. The molecule has 0 atom stereocenters. The van der Waals surface area contributed by atoms with Crippen molar-refractivity contribution < 1.29 is 87.9 Å². The second kappa shape index (κ2) is 7.80. The van der Waals surface area contributed by atoms with Crippen LogP contribution in [0.4, 0.5) is 74.6 Å². The van der Waals surface area contributed by atoms with Gasteiger partial charge < -0.3 is 0 Å². The maximum absolute atomic E-state index is 13.9. The zero-order valence-corrected chi connectivity index (χ0v) is 14.4. The molecule has 0 aliphatic heterocycles. The largest absolute Gasteiger partial charge is 0.601 e. The van der Waals surface area contributed by atoms with E-state index < -0.39 is 57.6 Å². The molecule has 0 saturated heterocycles. The molecule has 3 nitrogen and oxygen atoms in total. The molecule has 0 aromatic carbocycles. The lowest BCUT2D eigenvalue weighted by molar-refractivity contribution is -0.403. The summed E-state index contributed by atoms with van der Waals surface area (Å²) in [6, 6.07) is 0. The van der Waals surface area contributed by atoms with Crippen molar-refractivity contribution in [2.45, 2.75) is 55.7 Å². The van der Waals surface area contributed by atoms with E-state index in [4.69, 9.17) is 0 Å².